The fourth-order valence-electron chi connectivity index (χ4n) is 1.61. The van der Waals surface area contributed by atoms with Crippen LogP contribution in [0.25, 0.3) is 0 Å². The molecule has 0 aliphatic rings. The average Bonchev–Trinajstić information content (AvgIpc) is 2.35. The third-order valence-corrected chi connectivity index (χ3v) is 3.12. The second-order valence-electron chi connectivity index (χ2n) is 4.72. The maximum atomic E-state index is 11.9. The van der Waals surface area contributed by atoms with E-state index in [1.54, 1.807) is 17.0 Å². The van der Waals surface area contributed by atoms with Gasteiger partial charge in [-0.05, 0) is 40.8 Å². The van der Waals surface area contributed by atoms with Crippen LogP contribution in [0.1, 0.15) is 27.2 Å². The van der Waals surface area contributed by atoms with Crippen molar-refractivity contribution in [1.82, 2.24) is 14.5 Å². The van der Waals surface area contributed by atoms with E-state index < -0.39 is 0 Å². The molecule has 1 aromatic rings. The third kappa shape index (κ3) is 4.14. The van der Waals surface area contributed by atoms with Gasteiger partial charge in [0, 0.05) is 31.5 Å². The van der Waals surface area contributed by atoms with Crippen LogP contribution < -0.4 is 10.9 Å². The van der Waals surface area contributed by atoms with E-state index in [0.717, 1.165) is 19.5 Å². The standard InChI is InChI=1S/C13H24N4O/c1-5-17-10-8-15-12(13(17)18)14-7-6-9-16(4)11(2)3/h8,10-11H,5-7,9H2,1-4H3,(H,14,15). The Morgan fingerprint density at radius 1 is 1.50 bits per heavy atom. The molecule has 0 saturated heterocycles. The van der Waals surface area contributed by atoms with Gasteiger partial charge in [0.05, 0.1) is 0 Å². The molecular weight excluding hydrogens is 228 g/mol. The molecule has 18 heavy (non-hydrogen) atoms. The molecule has 0 aromatic carbocycles. The van der Waals surface area contributed by atoms with Crippen molar-refractivity contribution in [3.63, 3.8) is 0 Å². The van der Waals surface area contributed by atoms with Crippen LogP contribution in [0.3, 0.4) is 0 Å². The summed E-state index contributed by atoms with van der Waals surface area (Å²) < 4.78 is 1.65. The van der Waals surface area contributed by atoms with Crippen molar-refractivity contribution in [2.24, 2.45) is 0 Å². The van der Waals surface area contributed by atoms with Crippen molar-refractivity contribution in [3.05, 3.63) is 22.7 Å². The summed E-state index contributed by atoms with van der Waals surface area (Å²) in [5.41, 5.74) is -0.0442. The molecule has 1 heterocycles. The number of anilines is 1. The minimum atomic E-state index is -0.0442. The van der Waals surface area contributed by atoms with Gasteiger partial charge in [-0.15, -0.1) is 0 Å². The minimum absolute atomic E-state index is 0.0442. The van der Waals surface area contributed by atoms with Crippen LogP contribution in [0.4, 0.5) is 5.82 Å². The maximum absolute atomic E-state index is 11.9. The summed E-state index contributed by atoms with van der Waals surface area (Å²) in [4.78, 5) is 18.2. The van der Waals surface area contributed by atoms with E-state index in [0.29, 0.717) is 18.4 Å². The van der Waals surface area contributed by atoms with Crippen LogP contribution in [0.15, 0.2) is 17.2 Å². The summed E-state index contributed by atoms with van der Waals surface area (Å²) in [6.45, 7) is 8.75. The second kappa shape index (κ2) is 7.16. The Bertz CT molecular complexity index is 414. The molecule has 0 aliphatic carbocycles. The van der Waals surface area contributed by atoms with Gasteiger partial charge >= 0.3 is 0 Å². The van der Waals surface area contributed by atoms with Crippen molar-refractivity contribution in [2.75, 3.05) is 25.5 Å². The molecule has 5 nitrogen and oxygen atoms in total. The van der Waals surface area contributed by atoms with Gasteiger partial charge in [-0.25, -0.2) is 4.98 Å². The van der Waals surface area contributed by atoms with E-state index in [-0.39, 0.29) is 5.56 Å². The predicted molar refractivity (Wildman–Crippen MR) is 75.0 cm³/mol. The first-order valence-corrected chi connectivity index (χ1v) is 6.55. The molecule has 0 unspecified atom stereocenters. The highest BCUT2D eigenvalue weighted by molar-refractivity contribution is 5.30. The molecule has 0 amide bonds. The van der Waals surface area contributed by atoms with Gasteiger partial charge in [0.2, 0.25) is 0 Å². The Morgan fingerprint density at radius 2 is 2.22 bits per heavy atom. The molecule has 0 aliphatic heterocycles. The highest BCUT2D eigenvalue weighted by Crippen LogP contribution is 1.97. The molecule has 0 radical (unpaired) electrons. The van der Waals surface area contributed by atoms with E-state index in [1.165, 1.54) is 0 Å². The number of nitrogens with one attached hydrogen (secondary N) is 1. The topological polar surface area (TPSA) is 50.2 Å². The largest absolute Gasteiger partial charge is 0.365 e. The SMILES string of the molecule is CCn1ccnc(NCCCN(C)C(C)C)c1=O. The lowest BCUT2D eigenvalue weighted by Crippen LogP contribution is -2.29. The summed E-state index contributed by atoms with van der Waals surface area (Å²) in [6.07, 6.45) is 4.37. The minimum Gasteiger partial charge on any atom is -0.365 e. The summed E-state index contributed by atoms with van der Waals surface area (Å²) in [6, 6.07) is 0.553. The summed E-state index contributed by atoms with van der Waals surface area (Å²) in [5, 5.41) is 3.11. The zero-order chi connectivity index (χ0) is 13.5. The number of aromatic nitrogens is 2. The normalized spacial score (nSPS) is 11.2. The van der Waals surface area contributed by atoms with Gasteiger partial charge in [-0.1, -0.05) is 0 Å². The highest BCUT2D eigenvalue weighted by Gasteiger charge is 2.04. The zero-order valence-corrected chi connectivity index (χ0v) is 11.8. The summed E-state index contributed by atoms with van der Waals surface area (Å²) >= 11 is 0. The summed E-state index contributed by atoms with van der Waals surface area (Å²) in [5.74, 6) is 0.451. The molecule has 0 saturated carbocycles. The molecule has 1 aromatic heterocycles. The third-order valence-electron chi connectivity index (χ3n) is 3.12. The lowest BCUT2D eigenvalue weighted by Gasteiger charge is -2.20. The van der Waals surface area contributed by atoms with Gasteiger partial charge < -0.3 is 14.8 Å². The van der Waals surface area contributed by atoms with E-state index >= 15 is 0 Å². The first-order chi connectivity index (χ1) is 8.56. The Hall–Kier alpha value is -1.36. The van der Waals surface area contributed by atoms with Crippen molar-refractivity contribution < 1.29 is 0 Å². The van der Waals surface area contributed by atoms with Crippen molar-refractivity contribution >= 4 is 5.82 Å². The quantitative estimate of drug-likeness (QED) is 0.745. The number of rotatable bonds is 7. The van der Waals surface area contributed by atoms with Gasteiger partial charge in [0.1, 0.15) is 0 Å². The van der Waals surface area contributed by atoms with E-state index in [9.17, 15) is 4.79 Å². The molecule has 1 rings (SSSR count). The zero-order valence-electron chi connectivity index (χ0n) is 11.8. The Kier molecular flexibility index (Phi) is 5.85. The maximum Gasteiger partial charge on any atom is 0.293 e. The van der Waals surface area contributed by atoms with Crippen LogP contribution in [0.5, 0.6) is 0 Å². The highest BCUT2D eigenvalue weighted by atomic mass is 16.1. The lowest BCUT2D eigenvalue weighted by molar-refractivity contribution is 0.273. The monoisotopic (exact) mass is 252 g/mol. The first kappa shape index (κ1) is 14.7. The van der Waals surface area contributed by atoms with Crippen LogP contribution in [0, 0.1) is 0 Å². The predicted octanol–water partition coefficient (Wildman–Crippen LogP) is 1.41. The Morgan fingerprint density at radius 3 is 2.83 bits per heavy atom. The van der Waals surface area contributed by atoms with Gasteiger partial charge in [0.25, 0.3) is 5.56 Å². The van der Waals surface area contributed by atoms with Gasteiger partial charge in [0.15, 0.2) is 5.82 Å². The molecule has 0 fully saturated rings. The molecule has 0 bridgehead atoms. The number of hydrogen-bond donors (Lipinski definition) is 1. The molecular formula is C13H24N4O. The Labute approximate surface area is 109 Å². The van der Waals surface area contributed by atoms with Crippen LogP contribution >= 0.6 is 0 Å². The number of nitrogens with zero attached hydrogens (tertiary/aromatic N) is 3. The smallest absolute Gasteiger partial charge is 0.293 e. The van der Waals surface area contributed by atoms with Crippen LogP contribution in [-0.4, -0.2) is 40.6 Å². The molecule has 0 spiro atoms. The van der Waals surface area contributed by atoms with Gasteiger partial charge in [-0.2, -0.15) is 0 Å². The average molecular weight is 252 g/mol. The molecule has 1 N–H and O–H groups in total. The van der Waals surface area contributed by atoms with E-state index in [1.807, 2.05) is 6.92 Å². The molecule has 0 atom stereocenters. The number of aryl methyl sites for hydroxylation is 1. The molecule has 5 heteroatoms. The molecule has 102 valence electrons. The fourth-order valence-corrected chi connectivity index (χ4v) is 1.61. The van der Waals surface area contributed by atoms with Gasteiger partial charge in [-0.3, -0.25) is 4.79 Å². The lowest BCUT2D eigenvalue weighted by atomic mass is 10.3. The van der Waals surface area contributed by atoms with E-state index in [2.05, 4.69) is 36.1 Å². The number of hydrogen-bond acceptors (Lipinski definition) is 4. The fraction of sp³-hybridized carbons (Fsp3) is 0.692. The Balaban J connectivity index is 2.43. The van der Waals surface area contributed by atoms with Crippen molar-refractivity contribution in [3.8, 4) is 0 Å². The van der Waals surface area contributed by atoms with Crippen LogP contribution in [0.2, 0.25) is 0 Å². The van der Waals surface area contributed by atoms with Crippen LogP contribution in [-0.2, 0) is 6.54 Å². The van der Waals surface area contributed by atoms with Crippen molar-refractivity contribution in [2.45, 2.75) is 39.8 Å². The first-order valence-electron chi connectivity index (χ1n) is 6.55. The van der Waals surface area contributed by atoms with Crippen molar-refractivity contribution in [1.29, 1.82) is 0 Å². The van der Waals surface area contributed by atoms with E-state index in [4.69, 9.17) is 0 Å². The summed E-state index contributed by atoms with van der Waals surface area (Å²) in [7, 11) is 2.11. The second-order valence-corrected chi connectivity index (χ2v) is 4.72.